The van der Waals surface area contributed by atoms with Gasteiger partial charge in [0.2, 0.25) is 0 Å². The minimum Gasteiger partial charge on any atom is -0.497 e. The number of ether oxygens (including phenoxy) is 2. The maximum Gasteiger partial charge on any atom is 0.118 e. The average molecular weight is 351 g/mol. The normalized spacial score (nSPS) is 12.5. The van der Waals surface area contributed by atoms with Gasteiger partial charge >= 0.3 is 0 Å². The molecule has 2 aromatic carbocycles. The van der Waals surface area contributed by atoms with E-state index in [1.165, 1.54) is 0 Å². The van der Waals surface area contributed by atoms with E-state index in [-0.39, 0.29) is 24.4 Å². The highest BCUT2D eigenvalue weighted by Crippen LogP contribution is 2.34. The molecule has 0 heterocycles. The lowest BCUT2D eigenvalue weighted by Gasteiger charge is -2.38. The zero-order chi connectivity index (χ0) is 17.0. The van der Waals surface area contributed by atoms with E-state index in [4.69, 9.17) is 20.9 Å². The molecule has 0 saturated carbocycles. The molecule has 24 heavy (non-hydrogen) atoms. The number of nitrogens with two attached hydrogens (primary N) is 2. The number of hydrogen-bond donors (Lipinski definition) is 2. The van der Waals surface area contributed by atoms with E-state index in [2.05, 4.69) is 13.8 Å². The van der Waals surface area contributed by atoms with Crippen LogP contribution >= 0.6 is 12.4 Å². The topological polar surface area (TPSA) is 70.5 Å². The van der Waals surface area contributed by atoms with E-state index < -0.39 is 5.54 Å². The molecule has 1 atom stereocenters. The maximum atomic E-state index is 6.86. The van der Waals surface area contributed by atoms with Crippen molar-refractivity contribution in [2.24, 2.45) is 17.4 Å². The van der Waals surface area contributed by atoms with Crippen LogP contribution in [0.5, 0.6) is 11.5 Å². The predicted molar refractivity (Wildman–Crippen MR) is 101 cm³/mol. The van der Waals surface area contributed by atoms with Gasteiger partial charge in [0, 0.05) is 6.04 Å². The molecule has 0 fully saturated rings. The highest BCUT2D eigenvalue weighted by molar-refractivity contribution is 5.85. The maximum absolute atomic E-state index is 6.86. The second kappa shape index (κ2) is 8.38. The summed E-state index contributed by atoms with van der Waals surface area (Å²) in [6.07, 6.45) is 0. The first-order valence-corrected chi connectivity index (χ1v) is 7.77. The summed E-state index contributed by atoms with van der Waals surface area (Å²) < 4.78 is 10.5. The van der Waals surface area contributed by atoms with E-state index in [0.29, 0.717) is 0 Å². The fourth-order valence-corrected chi connectivity index (χ4v) is 2.81. The van der Waals surface area contributed by atoms with Crippen molar-refractivity contribution in [1.29, 1.82) is 0 Å². The van der Waals surface area contributed by atoms with Crippen molar-refractivity contribution in [2.45, 2.75) is 25.4 Å². The second-order valence-electron chi connectivity index (χ2n) is 6.10. The lowest BCUT2D eigenvalue weighted by molar-refractivity contribution is 0.336. The van der Waals surface area contributed by atoms with Gasteiger partial charge in [-0.2, -0.15) is 0 Å². The molecule has 0 aliphatic carbocycles. The van der Waals surface area contributed by atoms with Crippen LogP contribution in [0.4, 0.5) is 0 Å². The largest absolute Gasteiger partial charge is 0.497 e. The van der Waals surface area contributed by atoms with E-state index in [9.17, 15) is 0 Å². The molecule has 0 saturated heterocycles. The molecule has 0 aliphatic heterocycles. The van der Waals surface area contributed by atoms with E-state index in [1.807, 2.05) is 48.5 Å². The Morgan fingerprint density at radius 3 is 1.38 bits per heavy atom. The van der Waals surface area contributed by atoms with Gasteiger partial charge in [-0.1, -0.05) is 38.1 Å². The summed E-state index contributed by atoms with van der Waals surface area (Å²) in [5.74, 6) is 1.82. The van der Waals surface area contributed by atoms with Gasteiger partial charge in [-0.25, -0.2) is 0 Å². The van der Waals surface area contributed by atoms with E-state index in [0.717, 1.165) is 22.6 Å². The fourth-order valence-electron chi connectivity index (χ4n) is 2.81. The van der Waals surface area contributed by atoms with Gasteiger partial charge in [-0.15, -0.1) is 12.4 Å². The Kier molecular flexibility index (Phi) is 7.08. The third kappa shape index (κ3) is 3.83. The molecule has 0 aliphatic rings. The highest BCUT2D eigenvalue weighted by atomic mass is 35.5. The molecular formula is C19H27ClN2O2. The van der Waals surface area contributed by atoms with Crippen LogP contribution < -0.4 is 20.9 Å². The summed E-state index contributed by atoms with van der Waals surface area (Å²) in [6, 6.07) is 15.3. The molecule has 0 amide bonds. The van der Waals surface area contributed by atoms with Gasteiger partial charge in [-0.3, -0.25) is 0 Å². The second-order valence-corrected chi connectivity index (χ2v) is 6.10. The smallest absolute Gasteiger partial charge is 0.118 e. The molecule has 132 valence electrons. The lowest BCUT2D eigenvalue weighted by atomic mass is 9.74. The van der Waals surface area contributed by atoms with Gasteiger partial charge in [0.15, 0.2) is 0 Å². The first kappa shape index (κ1) is 20.3. The standard InChI is InChI=1S/C19H26N2O2.ClH/c1-13(2)18(20)19(21,14-5-9-16(22-3)10-6-14)15-7-11-17(23-4)12-8-15;/h5-13,18H,20-21H2,1-4H3;1H/t18-;/m0./s1. The third-order valence-corrected chi connectivity index (χ3v) is 4.38. The Morgan fingerprint density at radius 2 is 1.12 bits per heavy atom. The Bertz CT molecular complexity index is 579. The van der Waals surface area contributed by atoms with Crippen LogP contribution in [0.25, 0.3) is 0 Å². The van der Waals surface area contributed by atoms with Crippen molar-refractivity contribution >= 4 is 12.4 Å². The molecular weight excluding hydrogens is 324 g/mol. The summed E-state index contributed by atoms with van der Waals surface area (Å²) in [5.41, 5.74) is 14.5. The summed E-state index contributed by atoms with van der Waals surface area (Å²) in [4.78, 5) is 0. The Morgan fingerprint density at radius 1 is 0.792 bits per heavy atom. The Labute approximate surface area is 150 Å². The molecule has 0 radical (unpaired) electrons. The fraction of sp³-hybridized carbons (Fsp3) is 0.368. The van der Waals surface area contributed by atoms with Gasteiger partial charge in [0.25, 0.3) is 0 Å². The molecule has 4 nitrogen and oxygen atoms in total. The lowest BCUT2D eigenvalue weighted by Crippen LogP contribution is -2.55. The van der Waals surface area contributed by atoms with Crippen LogP contribution in [0.1, 0.15) is 25.0 Å². The average Bonchev–Trinajstić information content (AvgIpc) is 2.60. The van der Waals surface area contributed by atoms with Crippen LogP contribution in [-0.2, 0) is 5.54 Å². The molecule has 2 aromatic rings. The Hall–Kier alpha value is -1.75. The Balaban J connectivity index is 0.00000288. The summed E-state index contributed by atoms with van der Waals surface area (Å²) in [5, 5.41) is 0. The van der Waals surface area contributed by atoms with Crippen molar-refractivity contribution in [2.75, 3.05) is 14.2 Å². The van der Waals surface area contributed by atoms with Crippen molar-refractivity contribution in [3.63, 3.8) is 0 Å². The van der Waals surface area contributed by atoms with Crippen LogP contribution in [0.2, 0.25) is 0 Å². The van der Waals surface area contributed by atoms with Crippen molar-refractivity contribution in [3.05, 3.63) is 59.7 Å². The first-order chi connectivity index (χ1) is 10.9. The van der Waals surface area contributed by atoms with Crippen molar-refractivity contribution in [3.8, 4) is 11.5 Å². The number of hydrogen-bond acceptors (Lipinski definition) is 4. The molecule has 2 rings (SSSR count). The number of rotatable bonds is 6. The predicted octanol–water partition coefficient (Wildman–Crippen LogP) is 3.31. The molecule has 4 N–H and O–H groups in total. The van der Waals surface area contributed by atoms with Crippen LogP contribution in [-0.4, -0.2) is 20.3 Å². The molecule has 0 spiro atoms. The first-order valence-electron chi connectivity index (χ1n) is 7.77. The zero-order valence-electron chi connectivity index (χ0n) is 14.7. The number of methoxy groups -OCH3 is 2. The van der Waals surface area contributed by atoms with Crippen LogP contribution in [0.3, 0.4) is 0 Å². The van der Waals surface area contributed by atoms with Crippen molar-refractivity contribution < 1.29 is 9.47 Å². The summed E-state index contributed by atoms with van der Waals surface area (Å²) >= 11 is 0. The molecule has 0 aromatic heterocycles. The summed E-state index contributed by atoms with van der Waals surface area (Å²) in [6.45, 7) is 4.17. The van der Waals surface area contributed by atoms with Crippen molar-refractivity contribution in [1.82, 2.24) is 0 Å². The molecule has 0 unspecified atom stereocenters. The van der Waals surface area contributed by atoms with Gasteiger partial charge in [0.05, 0.1) is 19.8 Å². The van der Waals surface area contributed by atoms with Gasteiger partial charge in [-0.05, 0) is 41.3 Å². The van der Waals surface area contributed by atoms with Crippen LogP contribution in [0.15, 0.2) is 48.5 Å². The van der Waals surface area contributed by atoms with E-state index in [1.54, 1.807) is 14.2 Å². The zero-order valence-corrected chi connectivity index (χ0v) is 15.5. The quantitative estimate of drug-likeness (QED) is 0.838. The third-order valence-electron chi connectivity index (χ3n) is 4.38. The van der Waals surface area contributed by atoms with E-state index >= 15 is 0 Å². The SMILES string of the molecule is COc1ccc(C(N)(c2ccc(OC)cc2)[C@@H](N)C(C)C)cc1.Cl. The number of benzene rings is 2. The number of halogens is 1. The monoisotopic (exact) mass is 350 g/mol. The summed E-state index contributed by atoms with van der Waals surface area (Å²) in [7, 11) is 3.29. The molecule has 0 bridgehead atoms. The van der Waals surface area contributed by atoms with Crippen LogP contribution in [0, 0.1) is 5.92 Å². The minimum absolute atomic E-state index is 0. The van der Waals surface area contributed by atoms with Gasteiger partial charge < -0.3 is 20.9 Å². The highest BCUT2D eigenvalue weighted by Gasteiger charge is 2.38. The van der Waals surface area contributed by atoms with Gasteiger partial charge in [0.1, 0.15) is 11.5 Å². The molecule has 5 heteroatoms. The minimum atomic E-state index is -0.785.